The van der Waals surface area contributed by atoms with E-state index in [1.165, 1.54) is 25.7 Å². The third-order valence-corrected chi connectivity index (χ3v) is 4.12. The van der Waals surface area contributed by atoms with E-state index in [0.29, 0.717) is 6.54 Å². The molecule has 1 N–H and O–H groups in total. The number of nitrogens with zero attached hydrogens (tertiary/aromatic N) is 2. The molecular formula is C14H23N3O. The normalized spacial score (nSPS) is 24.2. The zero-order valence-electron chi connectivity index (χ0n) is 11.1. The molecule has 1 saturated carbocycles. The Balaban J connectivity index is 1.83. The summed E-state index contributed by atoms with van der Waals surface area (Å²) in [6.45, 7) is 2.50. The van der Waals surface area contributed by atoms with Gasteiger partial charge in [-0.1, -0.05) is 25.7 Å². The first-order valence-corrected chi connectivity index (χ1v) is 7.19. The molecule has 0 atom stereocenters. The molecule has 100 valence electrons. The highest BCUT2D eigenvalue weighted by molar-refractivity contribution is 5.79. The van der Waals surface area contributed by atoms with Gasteiger partial charge in [-0.2, -0.15) is 5.26 Å². The van der Waals surface area contributed by atoms with E-state index in [9.17, 15) is 10.1 Å². The second-order valence-corrected chi connectivity index (χ2v) is 5.64. The highest BCUT2D eigenvalue weighted by atomic mass is 16.2. The number of hydrogen-bond donors (Lipinski definition) is 1. The van der Waals surface area contributed by atoms with Gasteiger partial charge >= 0.3 is 0 Å². The van der Waals surface area contributed by atoms with Crippen LogP contribution in [-0.2, 0) is 4.79 Å². The molecule has 0 bridgehead atoms. The molecule has 2 aliphatic rings. The van der Waals surface area contributed by atoms with Gasteiger partial charge in [0.25, 0.3) is 0 Å². The number of carbonyl (C=O) groups excluding carboxylic acids is 1. The van der Waals surface area contributed by atoms with E-state index in [1.54, 1.807) is 0 Å². The molecule has 2 fully saturated rings. The molecule has 0 radical (unpaired) electrons. The molecule has 4 heteroatoms. The summed E-state index contributed by atoms with van der Waals surface area (Å²) in [4.78, 5) is 14.2. The van der Waals surface area contributed by atoms with Crippen LogP contribution < -0.4 is 5.32 Å². The van der Waals surface area contributed by atoms with Crippen molar-refractivity contribution in [3.8, 4) is 6.07 Å². The van der Waals surface area contributed by atoms with Crippen LogP contribution in [0.4, 0.5) is 0 Å². The zero-order valence-corrected chi connectivity index (χ0v) is 11.1. The zero-order chi connectivity index (χ0) is 12.8. The molecule has 0 aromatic rings. The summed E-state index contributed by atoms with van der Waals surface area (Å²) in [7, 11) is 0. The van der Waals surface area contributed by atoms with Crippen LogP contribution in [0.1, 0.15) is 51.4 Å². The van der Waals surface area contributed by atoms with Gasteiger partial charge in [-0.15, -0.1) is 0 Å². The third-order valence-electron chi connectivity index (χ3n) is 4.12. The van der Waals surface area contributed by atoms with E-state index in [0.717, 1.165) is 38.8 Å². The molecule has 1 amide bonds. The fourth-order valence-corrected chi connectivity index (χ4v) is 3.05. The summed E-state index contributed by atoms with van der Waals surface area (Å²) in [6, 6.07) is 2.34. The van der Waals surface area contributed by atoms with Crippen LogP contribution >= 0.6 is 0 Å². The molecule has 18 heavy (non-hydrogen) atoms. The van der Waals surface area contributed by atoms with Crippen molar-refractivity contribution in [3.63, 3.8) is 0 Å². The Morgan fingerprint density at radius 1 is 1.11 bits per heavy atom. The second kappa shape index (κ2) is 6.19. The van der Waals surface area contributed by atoms with E-state index in [4.69, 9.17) is 0 Å². The second-order valence-electron chi connectivity index (χ2n) is 5.64. The Kier molecular flexibility index (Phi) is 4.60. The lowest BCUT2D eigenvalue weighted by Crippen LogP contribution is -2.52. The minimum atomic E-state index is -0.578. The molecule has 0 aromatic heterocycles. The van der Waals surface area contributed by atoms with Crippen molar-refractivity contribution in [2.24, 2.45) is 0 Å². The number of nitrogens with one attached hydrogen (secondary N) is 1. The van der Waals surface area contributed by atoms with Crippen molar-refractivity contribution >= 4 is 5.91 Å². The maximum atomic E-state index is 12.0. The van der Waals surface area contributed by atoms with Gasteiger partial charge in [-0.25, -0.2) is 0 Å². The minimum absolute atomic E-state index is 0.0281. The largest absolute Gasteiger partial charge is 0.337 e. The lowest BCUT2D eigenvalue weighted by molar-refractivity contribution is -0.124. The first kappa shape index (κ1) is 13.4. The number of carbonyl (C=O) groups is 1. The Morgan fingerprint density at radius 2 is 1.72 bits per heavy atom. The van der Waals surface area contributed by atoms with E-state index in [2.05, 4.69) is 16.3 Å². The van der Waals surface area contributed by atoms with Gasteiger partial charge in [0, 0.05) is 0 Å². The summed E-state index contributed by atoms with van der Waals surface area (Å²) < 4.78 is 0. The number of nitriles is 1. The van der Waals surface area contributed by atoms with E-state index in [1.807, 2.05) is 0 Å². The monoisotopic (exact) mass is 249 g/mol. The molecule has 1 heterocycles. The van der Waals surface area contributed by atoms with E-state index < -0.39 is 5.54 Å². The fraction of sp³-hybridized carbons (Fsp3) is 0.857. The van der Waals surface area contributed by atoms with Gasteiger partial charge in [0.15, 0.2) is 0 Å². The van der Waals surface area contributed by atoms with E-state index >= 15 is 0 Å². The predicted molar refractivity (Wildman–Crippen MR) is 69.9 cm³/mol. The van der Waals surface area contributed by atoms with Crippen LogP contribution in [-0.4, -0.2) is 36.0 Å². The minimum Gasteiger partial charge on any atom is -0.337 e. The predicted octanol–water partition coefficient (Wildman–Crippen LogP) is 1.81. The summed E-state index contributed by atoms with van der Waals surface area (Å²) >= 11 is 0. The number of piperidine rings is 1. The first-order chi connectivity index (χ1) is 8.74. The van der Waals surface area contributed by atoms with Crippen LogP contribution in [0.3, 0.4) is 0 Å². The molecule has 0 spiro atoms. The van der Waals surface area contributed by atoms with Crippen LogP contribution in [0.15, 0.2) is 0 Å². The molecule has 0 unspecified atom stereocenters. The van der Waals surface area contributed by atoms with Crippen molar-refractivity contribution in [1.82, 2.24) is 10.2 Å². The van der Waals surface area contributed by atoms with Crippen molar-refractivity contribution < 1.29 is 4.79 Å². The smallest absolute Gasteiger partial charge is 0.235 e. The van der Waals surface area contributed by atoms with Crippen molar-refractivity contribution in [2.45, 2.75) is 56.9 Å². The summed E-state index contributed by atoms with van der Waals surface area (Å²) in [5.74, 6) is 0.0281. The van der Waals surface area contributed by atoms with Crippen molar-refractivity contribution in [2.75, 3.05) is 19.6 Å². The van der Waals surface area contributed by atoms with Crippen LogP contribution in [0.2, 0.25) is 0 Å². The van der Waals surface area contributed by atoms with Gasteiger partial charge < -0.3 is 5.32 Å². The lowest BCUT2D eigenvalue weighted by atomic mass is 9.83. The van der Waals surface area contributed by atoms with Crippen LogP contribution in [0.5, 0.6) is 0 Å². The average molecular weight is 249 g/mol. The Hall–Kier alpha value is -1.08. The maximum absolute atomic E-state index is 12.0. The van der Waals surface area contributed by atoms with Gasteiger partial charge in [-0.3, -0.25) is 9.69 Å². The number of likely N-dealkylation sites (tertiary alicyclic amines) is 1. The summed E-state index contributed by atoms with van der Waals surface area (Å²) in [6.07, 6.45) is 8.58. The van der Waals surface area contributed by atoms with Crippen molar-refractivity contribution in [3.05, 3.63) is 0 Å². The summed E-state index contributed by atoms with van der Waals surface area (Å²) in [5.41, 5.74) is -0.578. The molecular weight excluding hydrogens is 226 g/mol. The van der Waals surface area contributed by atoms with Gasteiger partial charge in [0.1, 0.15) is 5.54 Å². The molecule has 0 aromatic carbocycles. The molecule has 4 nitrogen and oxygen atoms in total. The standard InChI is InChI=1S/C14H23N3O/c15-12-14(7-3-1-4-8-14)16-13(18)11-17-9-5-2-6-10-17/h1-11H2,(H,16,18). The number of rotatable bonds is 3. The van der Waals surface area contributed by atoms with Crippen molar-refractivity contribution in [1.29, 1.82) is 5.26 Å². The van der Waals surface area contributed by atoms with E-state index in [-0.39, 0.29) is 5.91 Å². The lowest BCUT2D eigenvalue weighted by Gasteiger charge is -2.33. The molecule has 1 aliphatic carbocycles. The quantitative estimate of drug-likeness (QED) is 0.830. The highest BCUT2D eigenvalue weighted by Gasteiger charge is 2.33. The van der Waals surface area contributed by atoms with Crippen LogP contribution in [0.25, 0.3) is 0 Å². The number of amides is 1. The van der Waals surface area contributed by atoms with Gasteiger partial charge in [-0.05, 0) is 38.8 Å². The SMILES string of the molecule is N#CC1(NC(=O)CN2CCCCC2)CCCCC1. The molecule has 1 saturated heterocycles. The average Bonchev–Trinajstić information content (AvgIpc) is 2.41. The first-order valence-electron chi connectivity index (χ1n) is 7.19. The summed E-state index contributed by atoms with van der Waals surface area (Å²) in [5, 5.41) is 12.3. The number of hydrogen-bond acceptors (Lipinski definition) is 3. The highest BCUT2D eigenvalue weighted by Crippen LogP contribution is 2.27. The van der Waals surface area contributed by atoms with Gasteiger partial charge in [0.05, 0.1) is 12.6 Å². The Bertz CT molecular complexity index is 322. The Labute approximate surface area is 109 Å². The molecule has 2 rings (SSSR count). The third kappa shape index (κ3) is 3.46. The topological polar surface area (TPSA) is 56.1 Å². The fourth-order valence-electron chi connectivity index (χ4n) is 3.05. The maximum Gasteiger partial charge on any atom is 0.235 e. The molecule has 1 aliphatic heterocycles. The van der Waals surface area contributed by atoms with Crippen LogP contribution in [0, 0.1) is 11.3 Å². The Morgan fingerprint density at radius 3 is 2.33 bits per heavy atom. The van der Waals surface area contributed by atoms with Gasteiger partial charge in [0.2, 0.25) is 5.91 Å².